The van der Waals surface area contributed by atoms with Gasteiger partial charge in [0.2, 0.25) is 0 Å². The highest BCUT2D eigenvalue weighted by Gasteiger charge is 2.07. The Kier molecular flexibility index (Phi) is 7.30. The van der Waals surface area contributed by atoms with E-state index in [-0.39, 0.29) is 0 Å². The van der Waals surface area contributed by atoms with Crippen molar-refractivity contribution in [3.63, 3.8) is 0 Å². The molecule has 0 saturated heterocycles. The van der Waals surface area contributed by atoms with Crippen LogP contribution in [0.15, 0.2) is 18.3 Å². The second kappa shape index (κ2) is 8.93. The predicted molar refractivity (Wildman–Crippen MR) is 70.9 cm³/mol. The smallest absolute Gasteiger partial charge is 0.0852 e. The van der Waals surface area contributed by atoms with Crippen molar-refractivity contribution in [1.82, 2.24) is 20.7 Å². The molecule has 0 saturated carbocycles. The molecule has 0 radical (unpaired) electrons. The van der Waals surface area contributed by atoms with E-state index in [9.17, 15) is 0 Å². The number of nitrogens with one attached hydrogen (secondary N) is 2. The monoisotopic (exact) mass is 236 g/mol. The Morgan fingerprint density at radius 3 is 3.00 bits per heavy atom. The molecule has 1 unspecified atom stereocenters. The predicted octanol–water partition coefficient (Wildman–Crippen LogP) is 2.63. The van der Waals surface area contributed by atoms with Gasteiger partial charge in [0.15, 0.2) is 0 Å². The maximum Gasteiger partial charge on any atom is 0.0852 e. The normalized spacial score (nSPS) is 13.3. The third kappa shape index (κ3) is 6.22. The van der Waals surface area contributed by atoms with E-state index in [1.807, 2.05) is 6.20 Å². The van der Waals surface area contributed by atoms with Crippen LogP contribution in [-0.2, 0) is 0 Å². The molecule has 0 fully saturated rings. The molecule has 96 valence electrons. The van der Waals surface area contributed by atoms with Crippen LogP contribution in [0.1, 0.15) is 51.1 Å². The molecule has 0 aliphatic rings. The SMILES string of the molecule is CC/C=C\CCNCCCC(C)c1cn[nH]n1. The van der Waals surface area contributed by atoms with Gasteiger partial charge < -0.3 is 5.32 Å². The summed E-state index contributed by atoms with van der Waals surface area (Å²) in [5.41, 5.74) is 1.07. The second-order valence-electron chi connectivity index (χ2n) is 4.36. The van der Waals surface area contributed by atoms with Crippen LogP contribution >= 0.6 is 0 Å². The van der Waals surface area contributed by atoms with Crippen LogP contribution in [-0.4, -0.2) is 28.5 Å². The van der Waals surface area contributed by atoms with E-state index in [1.165, 1.54) is 6.42 Å². The quantitative estimate of drug-likeness (QED) is 0.512. The van der Waals surface area contributed by atoms with E-state index < -0.39 is 0 Å². The van der Waals surface area contributed by atoms with E-state index in [4.69, 9.17) is 0 Å². The standard InChI is InChI=1S/C13H24N4/c1-3-4-5-6-9-14-10-7-8-12(2)13-11-15-17-16-13/h4-5,11-12,14H,3,6-10H2,1-2H3,(H,15,16,17)/b5-4-. The Balaban J connectivity index is 1.95. The minimum absolute atomic E-state index is 0.496. The maximum atomic E-state index is 4.10. The van der Waals surface area contributed by atoms with Gasteiger partial charge in [-0.25, -0.2) is 0 Å². The summed E-state index contributed by atoms with van der Waals surface area (Å²) < 4.78 is 0. The zero-order valence-corrected chi connectivity index (χ0v) is 10.9. The lowest BCUT2D eigenvalue weighted by atomic mass is 10.0. The molecule has 0 aliphatic heterocycles. The van der Waals surface area contributed by atoms with E-state index in [1.54, 1.807) is 0 Å². The van der Waals surface area contributed by atoms with Gasteiger partial charge in [0.25, 0.3) is 0 Å². The minimum atomic E-state index is 0.496. The summed E-state index contributed by atoms with van der Waals surface area (Å²) >= 11 is 0. The first-order valence-electron chi connectivity index (χ1n) is 6.56. The topological polar surface area (TPSA) is 53.6 Å². The summed E-state index contributed by atoms with van der Waals surface area (Å²) in [6.07, 6.45) is 10.9. The summed E-state index contributed by atoms with van der Waals surface area (Å²) in [4.78, 5) is 0. The molecule has 1 atom stereocenters. The molecule has 4 heteroatoms. The van der Waals surface area contributed by atoms with E-state index in [2.05, 4.69) is 46.7 Å². The van der Waals surface area contributed by atoms with Crippen molar-refractivity contribution in [3.8, 4) is 0 Å². The molecule has 0 aromatic carbocycles. The fraction of sp³-hybridized carbons (Fsp3) is 0.692. The lowest BCUT2D eigenvalue weighted by Gasteiger charge is -2.07. The third-order valence-corrected chi connectivity index (χ3v) is 2.82. The summed E-state index contributed by atoms with van der Waals surface area (Å²) in [6, 6.07) is 0. The van der Waals surface area contributed by atoms with Gasteiger partial charge in [0, 0.05) is 5.92 Å². The Hall–Kier alpha value is -1.16. The highest BCUT2D eigenvalue weighted by Crippen LogP contribution is 2.16. The van der Waals surface area contributed by atoms with Crippen molar-refractivity contribution in [2.24, 2.45) is 0 Å². The van der Waals surface area contributed by atoms with Crippen LogP contribution in [0.5, 0.6) is 0 Å². The van der Waals surface area contributed by atoms with E-state index >= 15 is 0 Å². The molecule has 1 rings (SSSR count). The maximum absolute atomic E-state index is 4.10. The van der Waals surface area contributed by atoms with Gasteiger partial charge in [-0.15, -0.1) is 0 Å². The Labute approximate surface area is 104 Å². The largest absolute Gasteiger partial charge is 0.316 e. The van der Waals surface area contributed by atoms with Gasteiger partial charge in [0.05, 0.1) is 11.9 Å². The average molecular weight is 236 g/mol. The first-order chi connectivity index (χ1) is 8.34. The van der Waals surface area contributed by atoms with Gasteiger partial charge in [-0.3, -0.25) is 0 Å². The first-order valence-corrected chi connectivity index (χ1v) is 6.56. The summed E-state index contributed by atoms with van der Waals surface area (Å²) in [7, 11) is 0. The Morgan fingerprint density at radius 2 is 2.29 bits per heavy atom. The number of H-pyrrole nitrogens is 1. The van der Waals surface area contributed by atoms with Gasteiger partial charge in [0.1, 0.15) is 0 Å². The molecule has 0 bridgehead atoms. The van der Waals surface area contributed by atoms with Crippen LogP contribution in [0.25, 0.3) is 0 Å². The Morgan fingerprint density at radius 1 is 1.41 bits per heavy atom. The first kappa shape index (κ1) is 13.9. The number of hydrogen-bond donors (Lipinski definition) is 2. The number of rotatable bonds is 9. The highest BCUT2D eigenvalue weighted by atomic mass is 15.3. The molecule has 1 aromatic heterocycles. The van der Waals surface area contributed by atoms with Crippen LogP contribution in [0.3, 0.4) is 0 Å². The van der Waals surface area contributed by atoms with Gasteiger partial charge in [-0.05, 0) is 38.8 Å². The number of hydrogen-bond acceptors (Lipinski definition) is 3. The molecule has 0 spiro atoms. The molecule has 2 N–H and O–H groups in total. The molecule has 0 amide bonds. The van der Waals surface area contributed by atoms with Crippen molar-refractivity contribution in [2.75, 3.05) is 13.1 Å². The molecule has 1 heterocycles. The van der Waals surface area contributed by atoms with Crippen molar-refractivity contribution in [1.29, 1.82) is 0 Å². The van der Waals surface area contributed by atoms with Crippen LogP contribution in [0, 0.1) is 0 Å². The molecule has 0 aliphatic carbocycles. The Bertz CT molecular complexity index is 292. The van der Waals surface area contributed by atoms with Crippen LogP contribution in [0.4, 0.5) is 0 Å². The highest BCUT2D eigenvalue weighted by molar-refractivity contribution is 4.98. The summed E-state index contributed by atoms with van der Waals surface area (Å²) in [6.45, 7) is 6.52. The van der Waals surface area contributed by atoms with Gasteiger partial charge in [-0.1, -0.05) is 26.0 Å². The molecular formula is C13H24N4. The zero-order valence-electron chi connectivity index (χ0n) is 10.9. The van der Waals surface area contributed by atoms with Crippen molar-refractivity contribution in [3.05, 3.63) is 24.0 Å². The average Bonchev–Trinajstić information content (AvgIpc) is 2.86. The van der Waals surface area contributed by atoms with Gasteiger partial charge >= 0.3 is 0 Å². The molecule has 1 aromatic rings. The lowest BCUT2D eigenvalue weighted by Crippen LogP contribution is -2.16. The zero-order chi connectivity index (χ0) is 12.3. The molecule has 4 nitrogen and oxygen atoms in total. The second-order valence-corrected chi connectivity index (χ2v) is 4.36. The number of aromatic nitrogens is 3. The van der Waals surface area contributed by atoms with Gasteiger partial charge in [-0.2, -0.15) is 15.4 Å². The van der Waals surface area contributed by atoms with E-state index in [0.717, 1.165) is 38.0 Å². The minimum Gasteiger partial charge on any atom is -0.316 e. The molecular weight excluding hydrogens is 212 g/mol. The number of aromatic amines is 1. The third-order valence-electron chi connectivity index (χ3n) is 2.82. The fourth-order valence-electron chi connectivity index (χ4n) is 1.72. The van der Waals surface area contributed by atoms with E-state index in [0.29, 0.717) is 5.92 Å². The van der Waals surface area contributed by atoms with Crippen LogP contribution < -0.4 is 5.32 Å². The summed E-state index contributed by atoms with van der Waals surface area (Å²) in [5, 5.41) is 14.0. The number of allylic oxidation sites excluding steroid dienone is 1. The van der Waals surface area contributed by atoms with Crippen molar-refractivity contribution in [2.45, 2.75) is 45.4 Å². The fourth-order valence-corrected chi connectivity index (χ4v) is 1.72. The van der Waals surface area contributed by atoms with Crippen molar-refractivity contribution >= 4 is 0 Å². The summed E-state index contributed by atoms with van der Waals surface area (Å²) in [5.74, 6) is 0.496. The number of nitrogens with zero attached hydrogens (tertiary/aromatic N) is 2. The molecule has 17 heavy (non-hydrogen) atoms. The van der Waals surface area contributed by atoms with Crippen LogP contribution in [0.2, 0.25) is 0 Å². The lowest BCUT2D eigenvalue weighted by molar-refractivity contribution is 0.573. The van der Waals surface area contributed by atoms with Crippen molar-refractivity contribution < 1.29 is 0 Å².